The summed E-state index contributed by atoms with van der Waals surface area (Å²) in [5.74, 6) is 1.22. The molecule has 0 aliphatic carbocycles. The van der Waals surface area contributed by atoms with Crippen molar-refractivity contribution in [2.45, 2.75) is 39.0 Å². The first-order valence-electron chi connectivity index (χ1n) is 6.90. The molecule has 1 aliphatic rings. The van der Waals surface area contributed by atoms with Crippen molar-refractivity contribution in [1.82, 2.24) is 20.0 Å². The molecule has 0 aromatic carbocycles. The molecule has 0 spiro atoms. The van der Waals surface area contributed by atoms with Crippen LogP contribution in [0.3, 0.4) is 0 Å². The second-order valence-corrected chi connectivity index (χ2v) is 5.43. The quantitative estimate of drug-likeness (QED) is 0.873. The summed E-state index contributed by atoms with van der Waals surface area (Å²) in [4.78, 5) is 10.6. The lowest BCUT2D eigenvalue weighted by atomic mass is 10.2. The van der Waals surface area contributed by atoms with Gasteiger partial charge in [-0.25, -0.2) is 0 Å². The lowest BCUT2D eigenvalue weighted by molar-refractivity contribution is 0.167. The summed E-state index contributed by atoms with van der Waals surface area (Å²) in [6.07, 6.45) is 0.0861. The Hall–Kier alpha value is -1.99. The lowest BCUT2D eigenvalue weighted by Gasteiger charge is -2.21. The number of aromatic hydroxyl groups is 1. The van der Waals surface area contributed by atoms with Crippen molar-refractivity contribution in [1.29, 1.82) is 0 Å². The topological polar surface area (TPSA) is 95.5 Å². The molecule has 112 valence electrons. The van der Waals surface area contributed by atoms with E-state index in [4.69, 9.17) is 4.52 Å². The average molecular weight is 290 g/mol. The summed E-state index contributed by atoms with van der Waals surface area (Å²) in [5, 5.41) is 23.6. The molecule has 2 aromatic rings. The van der Waals surface area contributed by atoms with E-state index >= 15 is 0 Å². The Kier molecular flexibility index (Phi) is 3.60. The smallest absolute Gasteiger partial charge is 0.244 e. The third-order valence-electron chi connectivity index (χ3n) is 3.65. The number of aromatic nitrogens is 3. The van der Waals surface area contributed by atoms with Crippen LogP contribution < -0.4 is 0 Å². The number of hydrogen-bond donors (Lipinski definition) is 2. The number of β-amino-alcohol motifs (C(OH)–C–C–N with tert-alkyl or cyclic N) is 1. The molecule has 21 heavy (non-hydrogen) atoms. The van der Waals surface area contributed by atoms with E-state index in [0.29, 0.717) is 36.9 Å². The molecule has 0 unspecified atom stereocenters. The number of aryl methyl sites for hydroxylation is 2. The predicted octanol–water partition coefficient (Wildman–Crippen LogP) is 1.09. The highest BCUT2D eigenvalue weighted by Gasteiger charge is 2.36. The molecular formula is C14H18N4O3. The van der Waals surface area contributed by atoms with Crippen molar-refractivity contribution < 1.29 is 14.7 Å². The van der Waals surface area contributed by atoms with Gasteiger partial charge in [0.15, 0.2) is 5.82 Å². The Labute approximate surface area is 122 Å². The summed E-state index contributed by atoms with van der Waals surface area (Å²) in [6, 6.07) is 3.25. The van der Waals surface area contributed by atoms with Crippen molar-refractivity contribution in [2.75, 3.05) is 6.54 Å². The Morgan fingerprint density at radius 1 is 1.33 bits per heavy atom. The third kappa shape index (κ3) is 2.88. The van der Waals surface area contributed by atoms with Gasteiger partial charge < -0.3 is 14.7 Å². The van der Waals surface area contributed by atoms with Crippen molar-refractivity contribution >= 4 is 0 Å². The Morgan fingerprint density at radius 3 is 2.86 bits per heavy atom. The maximum absolute atomic E-state index is 9.93. The van der Waals surface area contributed by atoms with Crippen LogP contribution in [0, 0.1) is 13.8 Å². The molecule has 0 saturated carbocycles. The molecule has 3 rings (SSSR count). The van der Waals surface area contributed by atoms with E-state index in [2.05, 4.69) is 15.1 Å². The fourth-order valence-electron chi connectivity index (χ4n) is 2.67. The van der Waals surface area contributed by atoms with Gasteiger partial charge in [0.1, 0.15) is 5.75 Å². The summed E-state index contributed by atoms with van der Waals surface area (Å²) < 4.78 is 5.22. The first kappa shape index (κ1) is 14.0. The minimum absolute atomic E-state index is 0.150. The van der Waals surface area contributed by atoms with Crippen LogP contribution >= 0.6 is 0 Å². The highest BCUT2D eigenvalue weighted by atomic mass is 16.5. The summed E-state index contributed by atoms with van der Waals surface area (Å²) in [6.45, 7) is 4.55. The third-order valence-corrected chi connectivity index (χ3v) is 3.65. The van der Waals surface area contributed by atoms with Crippen LogP contribution in [0.1, 0.15) is 35.6 Å². The predicted molar refractivity (Wildman–Crippen MR) is 73.4 cm³/mol. The number of nitrogens with zero attached hydrogens (tertiary/aromatic N) is 4. The monoisotopic (exact) mass is 290 g/mol. The van der Waals surface area contributed by atoms with E-state index < -0.39 is 6.10 Å². The Balaban J connectivity index is 1.84. The van der Waals surface area contributed by atoms with E-state index in [1.54, 1.807) is 19.1 Å². The normalized spacial score (nSPS) is 22.8. The first-order valence-corrected chi connectivity index (χ1v) is 6.90. The van der Waals surface area contributed by atoms with Gasteiger partial charge in [0.25, 0.3) is 0 Å². The molecule has 7 nitrogen and oxygen atoms in total. The highest BCUT2D eigenvalue weighted by Crippen LogP contribution is 2.33. The van der Waals surface area contributed by atoms with Crippen molar-refractivity contribution in [2.24, 2.45) is 0 Å². The van der Waals surface area contributed by atoms with Gasteiger partial charge in [0.05, 0.1) is 17.8 Å². The van der Waals surface area contributed by atoms with E-state index in [1.165, 1.54) is 0 Å². The number of pyridine rings is 1. The molecule has 0 amide bonds. The van der Waals surface area contributed by atoms with Gasteiger partial charge in [-0.05, 0) is 32.4 Å². The largest absolute Gasteiger partial charge is 0.506 e. The molecule has 1 fully saturated rings. The fourth-order valence-corrected chi connectivity index (χ4v) is 2.67. The molecule has 1 aliphatic heterocycles. The summed E-state index contributed by atoms with van der Waals surface area (Å²) >= 11 is 0. The Bertz CT molecular complexity index is 643. The van der Waals surface area contributed by atoms with Crippen LogP contribution in [-0.2, 0) is 6.54 Å². The van der Waals surface area contributed by atoms with E-state index in [1.807, 2.05) is 11.8 Å². The summed E-state index contributed by atoms with van der Waals surface area (Å²) in [7, 11) is 0. The standard InChI is InChI=1S/C14H18N4O3/c1-8-3-4-13(20)11(15-8)7-18-6-10(19)5-12(18)14-16-9(2)17-21-14/h3-4,10,12,19-20H,5-7H2,1-2H3/t10-,12+/m0/s1. The second-order valence-electron chi connectivity index (χ2n) is 5.43. The minimum atomic E-state index is -0.450. The van der Waals surface area contributed by atoms with Gasteiger partial charge in [-0.2, -0.15) is 4.98 Å². The zero-order valence-electron chi connectivity index (χ0n) is 12.0. The molecule has 2 atom stereocenters. The molecular weight excluding hydrogens is 272 g/mol. The van der Waals surface area contributed by atoms with Crippen LogP contribution in [0.25, 0.3) is 0 Å². The maximum Gasteiger partial charge on any atom is 0.244 e. The van der Waals surface area contributed by atoms with Gasteiger partial charge in [0.2, 0.25) is 5.89 Å². The Morgan fingerprint density at radius 2 is 2.14 bits per heavy atom. The van der Waals surface area contributed by atoms with Crippen molar-refractivity contribution in [3.8, 4) is 5.75 Å². The first-order chi connectivity index (χ1) is 10.0. The van der Waals surface area contributed by atoms with Crippen LogP contribution in [0.4, 0.5) is 0 Å². The van der Waals surface area contributed by atoms with Crippen molar-refractivity contribution in [3.63, 3.8) is 0 Å². The zero-order valence-corrected chi connectivity index (χ0v) is 12.0. The minimum Gasteiger partial charge on any atom is -0.506 e. The van der Waals surface area contributed by atoms with Gasteiger partial charge in [0, 0.05) is 18.8 Å². The lowest BCUT2D eigenvalue weighted by Crippen LogP contribution is -2.25. The van der Waals surface area contributed by atoms with Gasteiger partial charge in [-0.1, -0.05) is 5.16 Å². The summed E-state index contributed by atoms with van der Waals surface area (Å²) in [5.41, 5.74) is 1.43. The molecule has 2 N–H and O–H groups in total. The second kappa shape index (κ2) is 5.42. The molecule has 7 heteroatoms. The molecule has 3 heterocycles. The number of hydrogen-bond acceptors (Lipinski definition) is 7. The van der Waals surface area contributed by atoms with E-state index in [0.717, 1.165) is 5.69 Å². The van der Waals surface area contributed by atoms with Crippen LogP contribution in [0.15, 0.2) is 16.7 Å². The number of rotatable bonds is 3. The van der Waals surface area contributed by atoms with E-state index in [9.17, 15) is 10.2 Å². The number of likely N-dealkylation sites (tertiary alicyclic amines) is 1. The SMILES string of the molecule is Cc1ccc(O)c(CN2C[C@@H](O)C[C@@H]2c2nc(C)no2)n1. The maximum atomic E-state index is 9.93. The molecule has 2 aromatic heterocycles. The zero-order chi connectivity index (χ0) is 15.0. The van der Waals surface area contributed by atoms with Gasteiger partial charge in [-0.3, -0.25) is 9.88 Å². The fraction of sp³-hybridized carbons (Fsp3) is 0.500. The average Bonchev–Trinajstić information content (AvgIpc) is 3.00. The molecule has 0 bridgehead atoms. The van der Waals surface area contributed by atoms with Crippen LogP contribution in [0.2, 0.25) is 0 Å². The number of aliphatic hydroxyl groups is 1. The molecule has 0 radical (unpaired) electrons. The van der Waals surface area contributed by atoms with Crippen LogP contribution in [0.5, 0.6) is 5.75 Å². The van der Waals surface area contributed by atoms with Crippen molar-refractivity contribution in [3.05, 3.63) is 35.2 Å². The molecule has 1 saturated heterocycles. The van der Waals surface area contributed by atoms with Gasteiger partial charge >= 0.3 is 0 Å². The highest BCUT2D eigenvalue weighted by molar-refractivity contribution is 5.27. The van der Waals surface area contributed by atoms with Gasteiger partial charge in [-0.15, -0.1) is 0 Å². The number of aliphatic hydroxyl groups excluding tert-OH is 1. The van der Waals surface area contributed by atoms with Crippen LogP contribution in [-0.4, -0.2) is 42.9 Å². The van der Waals surface area contributed by atoms with E-state index in [-0.39, 0.29) is 11.8 Å².